The van der Waals surface area contributed by atoms with E-state index < -0.39 is 16.9 Å². The lowest BCUT2D eigenvalue weighted by molar-refractivity contribution is -0.137. The third-order valence-corrected chi connectivity index (χ3v) is 9.21. The predicted molar refractivity (Wildman–Crippen MR) is 148 cm³/mol. The largest absolute Gasteiger partial charge is 0.494 e. The lowest BCUT2D eigenvalue weighted by Gasteiger charge is -2.43. The molecule has 2 amide bonds. The number of fused-ring (bicyclic) bond motifs is 7. The molecule has 7 nitrogen and oxygen atoms in total. The Bertz CT molecular complexity index is 1550. The van der Waals surface area contributed by atoms with Crippen molar-refractivity contribution in [3.63, 3.8) is 0 Å². The quantitative estimate of drug-likeness (QED) is 0.471. The van der Waals surface area contributed by atoms with Gasteiger partial charge >= 0.3 is 0 Å². The van der Waals surface area contributed by atoms with Crippen LogP contribution < -0.4 is 15.4 Å². The second-order valence-electron chi connectivity index (χ2n) is 11.1. The summed E-state index contributed by atoms with van der Waals surface area (Å²) < 4.78 is 5.85. The molecule has 4 aliphatic heterocycles. The summed E-state index contributed by atoms with van der Waals surface area (Å²) in [4.78, 5) is 46.0. The Balaban J connectivity index is 1.52. The minimum atomic E-state index is -1.44. The molecule has 4 unspecified atom stereocenters. The first-order valence-electron chi connectivity index (χ1n) is 13.8. The van der Waals surface area contributed by atoms with Crippen LogP contribution in [-0.2, 0) is 20.5 Å². The molecule has 198 valence electrons. The van der Waals surface area contributed by atoms with E-state index in [1.54, 1.807) is 12.1 Å². The highest BCUT2D eigenvalue weighted by Crippen LogP contribution is 2.68. The Morgan fingerprint density at radius 2 is 1.79 bits per heavy atom. The van der Waals surface area contributed by atoms with E-state index in [9.17, 15) is 14.4 Å². The van der Waals surface area contributed by atoms with Crippen LogP contribution in [0.2, 0.25) is 0 Å². The Hall–Kier alpha value is -3.97. The van der Waals surface area contributed by atoms with Gasteiger partial charge in [-0.2, -0.15) is 0 Å². The number of nitrogens with zero attached hydrogens (tertiary/aromatic N) is 1. The summed E-state index contributed by atoms with van der Waals surface area (Å²) in [5.74, 6) is -0.794. The lowest BCUT2D eigenvalue weighted by Crippen LogP contribution is -2.62. The zero-order valence-electron chi connectivity index (χ0n) is 22.1. The second-order valence-corrected chi connectivity index (χ2v) is 11.1. The van der Waals surface area contributed by atoms with Gasteiger partial charge in [-0.15, -0.1) is 0 Å². The smallest absolute Gasteiger partial charge is 0.251 e. The molecule has 7 heteroatoms. The maximum atomic E-state index is 14.8. The average molecular weight is 522 g/mol. The molecule has 3 aromatic carbocycles. The minimum absolute atomic E-state index is 0.133. The number of carbonyl (C=O) groups excluding carboxylic acids is 3. The Labute approximate surface area is 227 Å². The number of rotatable bonds is 5. The van der Waals surface area contributed by atoms with Gasteiger partial charge in [-0.05, 0) is 62.1 Å². The summed E-state index contributed by atoms with van der Waals surface area (Å²) in [5, 5.41) is 6.24. The van der Waals surface area contributed by atoms with Crippen molar-refractivity contribution in [1.82, 2.24) is 4.90 Å². The van der Waals surface area contributed by atoms with E-state index in [1.807, 2.05) is 68.4 Å². The number of ketones is 1. The van der Waals surface area contributed by atoms with Crippen molar-refractivity contribution in [3.8, 4) is 5.75 Å². The van der Waals surface area contributed by atoms with Gasteiger partial charge in [0.25, 0.3) is 5.91 Å². The van der Waals surface area contributed by atoms with E-state index in [-0.39, 0.29) is 23.6 Å². The summed E-state index contributed by atoms with van der Waals surface area (Å²) in [5.41, 5.74) is 1.55. The topological polar surface area (TPSA) is 87.7 Å². The van der Waals surface area contributed by atoms with Gasteiger partial charge in [-0.25, -0.2) is 0 Å². The molecule has 0 aromatic heterocycles. The number of ether oxygens (including phenoxy) is 1. The van der Waals surface area contributed by atoms with E-state index in [4.69, 9.17) is 4.74 Å². The molecule has 0 bridgehead atoms. The Kier molecular flexibility index (Phi) is 5.26. The van der Waals surface area contributed by atoms with Crippen LogP contribution in [0.3, 0.4) is 0 Å². The van der Waals surface area contributed by atoms with Crippen LogP contribution in [0.15, 0.2) is 66.7 Å². The number of carbonyl (C=O) groups is 3. The van der Waals surface area contributed by atoms with Crippen molar-refractivity contribution < 1.29 is 19.1 Å². The summed E-state index contributed by atoms with van der Waals surface area (Å²) in [6.45, 7) is 5.19. The van der Waals surface area contributed by atoms with E-state index in [0.29, 0.717) is 35.7 Å². The van der Waals surface area contributed by atoms with Gasteiger partial charge in [-0.3, -0.25) is 19.3 Å². The molecule has 4 heterocycles. The van der Waals surface area contributed by atoms with Crippen LogP contribution in [0.25, 0.3) is 0 Å². The summed E-state index contributed by atoms with van der Waals surface area (Å²) in [6, 6.07) is 20.4. The van der Waals surface area contributed by atoms with Gasteiger partial charge in [0.05, 0.1) is 12.5 Å². The number of aryl methyl sites for hydroxylation is 1. The van der Waals surface area contributed by atoms with Crippen molar-refractivity contribution in [3.05, 3.63) is 89.0 Å². The molecule has 7 rings (SSSR count). The van der Waals surface area contributed by atoms with Crippen molar-refractivity contribution in [2.24, 2.45) is 5.92 Å². The lowest BCUT2D eigenvalue weighted by atomic mass is 9.57. The number of Topliss-reactive ketones (excluding diaryl/α,β-unsaturated/α-hetero) is 1. The summed E-state index contributed by atoms with van der Waals surface area (Å²) in [6.07, 6.45) is 2.44. The highest BCUT2D eigenvalue weighted by molar-refractivity contribution is 6.21. The number of benzene rings is 3. The predicted octanol–water partition coefficient (Wildman–Crippen LogP) is 4.80. The first kappa shape index (κ1) is 24.1. The third-order valence-electron chi connectivity index (χ3n) is 9.21. The first-order valence-corrected chi connectivity index (χ1v) is 13.8. The van der Waals surface area contributed by atoms with Crippen LogP contribution in [0, 0.1) is 12.8 Å². The van der Waals surface area contributed by atoms with Crippen LogP contribution in [0.1, 0.15) is 53.2 Å². The van der Waals surface area contributed by atoms with Crippen molar-refractivity contribution >= 4 is 29.0 Å². The van der Waals surface area contributed by atoms with Crippen molar-refractivity contribution in [1.29, 1.82) is 0 Å². The van der Waals surface area contributed by atoms with Gasteiger partial charge in [0, 0.05) is 28.5 Å². The molecule has 0 aliphatic carbocycles. The molecule has 2 spiro atoms. The van der Waals surface area contributed by atoms with E-state index in [2.05, 4.69) is 15.5 Å². The number of para-hydroxylation sites is 2. The maximum Gasteiger partial charge on any atom is 0.251 e. The number of hydrogen-bond donors (Lipinski definition) is 2. The number of hydrogen-bond acceptors (Lipinski definition) is 5. The highest BCUT2D eigenvalue weighted by atomic mass is 16.5. The van der Waals surface area contributed by atoms with Gasteiger partial charge in [0.15, 0.2) is 5.78 Å². The SMILES string of the molecule is CCCOc1cccc(C(=O)C2C3CCCN3C3(C(=O)Nc4c(C)cccc43)C23C(=O)Nc2ccccc23)c1. The minimum Gasteiger partial charge on any atom is -0.494 e. The number of nitrogens with one attached hydrogen (secondary N) is 2. The number of anilines is 2. The van der Waals surface area contributed by atoms with Crippen LogP contribution in [-0.4, -0.2) is 41.7 Å². The monoisotopic (exact) mass is 521 g/mol. The van der Waals surface area contributed by atoms with Crippen LogP contribution in [0.5, 0.6) is 5.75 Å². The molecule has 0 radical (unpaired) electrons. The molecular weight excluding hydrogens is 490 g/mol. The van der Waals surface area contributed by atoms with Gasteiger partial charge in [0.2, 0.25) is 5.91 Å². The zero-order valence-corrected chi connectivity index (χ0v) is 22.1. The van der Waals surface area contributed by atoms with Gasteiger partial charge in [0.1, 0.15) is 16.7 Å². The molecule has 3 aromatic rings. The standard InChI is InChI=1S/C32H31N3O4/c1-3-17-39-21-11-7-10-20(18-21)28(36)26-25-15-8-16-35(25)32(23-13-6-9-19(2)27(23)34-30(32)38)31(26)22-12-4-5-14-24(22)33-29(31)37/h4-7,9-14,18,25-26H,3,8,15-17H2,1-2H3,(H,33,37)(H,34,38). The fraction of sp³-hybridized carbons (Fsp3) is 0.344. The molecule has 2 fully saturated rings. The molecule has 39 heavy (non-hydrogen) atoms. The highest BCUT2D eigenvalue weighted by Gasteiger charge is 2.81. The fourth-order valence-electron chi connectivity index (χ4n) is 7.89. The van der Waals surface area contributed by atoms with Crippen molar-refractivity contribution in [2.75, 3.05) is 23.8 Å². The molecule has 0 saturated carbocycles. The average Bonchev–Trinajstić information content (AvgIpc) is 3.67. The molecule has 2 saturated heterocycles. The van der Waals surface area contributed by atoms with Gasteiger partial charge < -0.3 is 15.4 Å². The molecule has 4 atom stereocenters. The first-order chi connectivity index (χ1) is 19.0. The van der Waals surface area contributed by atoms with E-state index in [1.165, 1.54) is 0 Å². The van der Waals surface area contributed by atoms with Crippen LogP contribution in [0.4, 0.5) is 11.4 Å². The fourth-order valence-corrected chi connectivity index (χ4v) is 7.89. The molecule has 4 aliphatic rings. The van der Waals surface area contributed by atoms with Gasteiger partial charge in [-0.1, -0.05) is 55.5 Å². The Morgan fingerprint density at radius 1 is 1.00 bits per heavy atom. The Morgan fingerprint density at radius 3 is 2.64 bits per heavy atom. The van der Waals surface area contributed by atoms with Crippen molar-refractivity contribution in [2.45, 2.75) is 50.1 Å². The molecular formula is C32H31N3O4. The number of amides is 2. The second kappa shape index (κ2) is 8.52. The third kappa shape index (κ3) is 2.88. The summed E-state index contributed by atoms with van der Waals surface area (Å²) in [7, 11) is 0. The normalized spacial score (nSPS) is 28.4. The zero-order chi connectivity index (χ0) is 26.9. The van der Waals surface area contributed by atoms with Crippen LogP contribution >= 0.6 is 0 Å². The summed E-state index contributed by atoms with van der Waals surface area (Å²) >= 11 is 0. The van der Waals surface area contributed by atoms with E-state index in [0.717, 1.165) is 36.1 Å². The van der Waals surface area contributed by atoms with E-state index >= 15 is 0 Å². The maximum absolute atomic E-state index is 14.8. The molecule has 2 N–H and O–H groups in total.